The van der Waals surface area contributed by atoms with Crippen LogP contribution in [0.4, 0.5) is 11.4 Å². The molecule has 2 rings (SSSR count). The molecule has 15 nitrogen and oxygen atoms in total. The summed E-state index contributed by atoms with van der Waals surface area (Å²) in [6.07, 6.45) is -0.537. The summed E-state index contributed by atoms with van der Waals surface area (Å²) in [5.41, 5.74) is 6.30. The number of thioether (sulfide) groups is 1. The molecule has 2 unspecified atom stereocenters. The molecule has 0 aliphatic carbocycles. The van der Waals surface area contributed by atoms with Crippen LogP contribution in [0.3, 0.4) is 0 Å². The van der Waals surface area contributed by atoms with Crippen molar-refractivity contribution in [2.75, 3.05) is 22.9 Å². The highest BCUT2D eigenvalue weighted by Crippen LogP contribution is 2.42. The third-order valence-corrected chi connectivity index (χ3v) is 6.63. The fraction of sp³-hybridized carbons (Fsp3) is 0.308. The van der Waals surface area contributed by atoms with Crippen LogP contribution in [0.25, 0.3) is 11.1 Å². The zero-order valence-corrected chi connectivity index (χ0v) is 23.4. The number of aliphatic carboxylic acids is 2. The Labute approximate surface area is 243 Å². The number of hydrogen-bond donors (Lipinski definition) is 9. The minimum atomic E-state index is -1.33. The minimum Gasteiger partial charge on any atom is -0.507 e. The third-order valence-electron chi connectivity index (χ3n) is 5.49. The van der Waals surface area contributed by atoms with Gasteiger partial charge in [0, 0.05) is 42.8 Å². The maximum Gasteiger partial charge on any atom is 0.322 e. The van der Waals surface area contributed by atoms with Crippen LogP contribution in [0, 0.1) is 0 Å². The van der Waals surface area contributed by atoms with Crippen molar-refractivity contribution in [1.82, 2.24) is 10.6 Å². The molecule has 16 heteroatoms. The largest absolute Gasteiger partial charge is 0.507 e. The lowest BCUT2D eigenvalue weighted by Gasteiger charge is -2.20. The van der Waals surface area contributed by atoms with Gasteiger partial charge in [-0.3, -0.25) is 28.8 Å². The predicted molar refractivity (Wildman–Crippen MR) is 152 cm³/mol. The maximum atomic E-state index is 12.6. The quantitative estimate of drug-likeness (QED) is 0.106. The molecule has 10 N–H and O–H groups in total. The number of rotatable bonds is 14. The molecule has 0 heterocycles. The second-order valence-corrected chi connectivity index (χ2v) is 10.0. The second-order valence-electron chi connectivity index (χ2n) is 8.99. The van der Waals surface area contributed by atoms with Gasteiger partial charge in [0.05, 0.1) is 10.6 Å². The van der Waals surface area contributed by atoms with Gasteiger partial charge in [-0.25, -0.2) is 0 Å². The van der Waals surface area contributed by atoms with Crippen LogP contribution in [0.15, 0.2) is 35.2 Å². The Hall–Kier alpha value is -4.83. The van der Waals surface area contributed by atoms with Gasteiger partial charge in [0.15, 0.2) is 0 Å². The Kier molecular flexibility index (Phi) is 12.1. The number of amides is 4. The van der Waals surface area contributed by atoms with Crippen molar-refractivity contribution >= 4 is 58.7 Å². The summed E-state index contributed by atoms with van der Waals surface area (Å²) in [6.45, 7) is 1.81. The molecule has 0 saturated heterocycles. The molecule has 226 valence electrons. The van der Waals surface area contributed by atoms with Crippen molar-refractivity contribution in [2.45, 2.75) is 43.7 Å². The van der Waals surface area contributed by atoms with Crippen molar-refractivity contribution in [3.63, 3.8) is 0 Å². The predicted octanol–water partition coefficient (Wildman–Crippen LogP) is 0.651. The van der Waals surface area contributed by atoms with Gasteiger partial charge in [0.1, 0.15) is 30.1 Å². The molecule has 0 fully saturated rings. The van der Waals surface area contributed by atoms with Crippen molar-refractivity contribution in [3.8, 4) is 22.6 Å². The zero-order valence-electron chi connectivity index (χ0n) is 22.6. The summed E-state index contributed by atoms with van der Waals surface area (Å²) in [5, 5.41) is 48.8. The van der Waals surface area contributed by atoms with E-state index in [0.717, 1.165) is 11.8 Å². The Morgan fingerprint density at radius 2 is 1.57 bits per heavy atom. The molecule has 4 amide bonds. The van der Waals surface area contributed by atoms with Crippen LogP contribution < -0.4 is 27.0 Å². The van der Waals surface area contributed by atoms with E-state index in [4.69, 9.17) is 15.9 Å². The van der Waals surface area contributed by atoms with E-state index < -0.39 is 48.3 Å². The maximum absolute atomic E-state index is 12.6. The van der Waals surface area contributed by atoms with E-state index in [1.807, 2.05) is 0 Å². The number of aromatic hydroxyl groups is 2. The van der Waals surface area contributed by atoms with Crippen molar-refractivity contribution in [2.24, 2.45) is 5.73 Å². The number of phenols is 2. The Morgan fingerprint density at radius 3 is 2.17 bits per heavy atom. The monoisotopic (exact) mass is 605 g/mol. The van der Waals surface area contributed by atoms with Crippen LogP contribution in [0.5, 0.6) is 11.5 Å². The fourth-order valence-electron chi connectivity index (χ4n) is 3.55. The van der Waals surface area contributed by atoms with Gasteiger partial charge in [-0.1, -0.05) is 0 Å². The Bertz CT molecular complexity index is 1380. The average Bonchev–Trinajstić information content (AvgIpc) is 2.89. The Morgan fingerprint density at radius 1 is 0.905 bits per heavy atom. The van der Waals surface area contributed by atoms with Gasteiger partial charge in [-0.15, -0.1) is 11.8 Å². The van der Waals surface area contributed by atoms with E-state index >= 15 is 0 Å². The molecule has 0 spiro atoms. The number of anilines is 2. The SMILES string of the molecule is CC(=O)Nc1ccc(O)c(-c2cc(O)c(SCC(NC(=O)CCC(N)C(=O)O)C(=O)NCC(=O)O)cc2NC(C)=O)c1. The first-order chi connectivity index (χ1) is 19.7. The number of carboxylic acids is 2. The normalized spacial score (nSPS) is 12.0. The molecule has 0 aliphatic rings. The standard InChI is InChI=1S/C26H31N5O10S/c1-12(32)29-14-3-5-20(34)16(7-14)15-8-21(35)22(9-18(15)30-13(2)33)42-11-19(25(39)28-10-24(37)38)31-23(36)6-4-17(27)26(40)41/h3,5,7-9,17,19,34-35H,4,6,10-11,27H2,1-2H3,(H,28,39)(H,29,32)(H,30,33)(H,31,36)(H,37,38)(H,40,41). The molecule has 0 aliphatic heterocycles. The van der Waals surface area contributed by atoms with Crippen LogP contribution in [0.1, 0.15) is 26.7 Å². The van der Waals surface area contributed by atoms with E-state index in [2.05, 4.69) is 21.3 Å². The summed E-state index contributed by atoms with van der Waals surface area (Å²) >= 11 is 0.887. The number of carboxylic acid groups (broad SMARTS) is 2. The number of carbonyl (C=O) groups is 6. The molecule has 42 heavy (non-hydrogen) atoms. The second kappa shape index (κ2) is 15.2. The summed E-state index contributed by atoms with van der Waals surface area (Å²) in [6, 6.07) is 4.26. The highest BCUT2D eigenvalue weighted by molar-refractivity contribution is 7.99. The number of nitrogens with two attached hydrogens (primary N) is 1. The first-order valence-electron chi connectivity index (χ1n) is 12.3. The fourth-order valence-corrected chi connectivity index (χ4v) is 4.54. The molecule has 2 atom stereocenters. The number of hydrogen-bond acceptors (Lipinski definition) is 10. The lowest BCUT2D eigenvalue weighted by Crippen LogP contribution is -2.49. The Balaban J connectivity index is 2.37. The van der Waals surface area contributed by atoms with Gasteiger partial charge in [-0.05, 0) is 36.8 Å². The number of nitrogens with one attached hydrogen (secondary N) is 4. The minimum absolute atomic E-state index is 0.151. The van der Waals surface area contributed by atoms with Crippen LogP contribution >= 0.6 is 11.8 Å². The van der Waals surface area contributed by atoms with E-state index in [1.54, 1.807) is 0 Å². The van der Waals surface area contributed by atoms with Crippen molar-refractivity contribution < 1.29 is 49.2 Å². The molecule has 0 bridgehead atoms. The van der Waals surface area contributed by atoms with Crippen LogP contribution in [0.2, 0.25) is 0 Å². The topological polar surface area (TPSA) is 257 Å². The van der Waals surface area contributed by atoms with Crippen molar-refractivity contribution in [3.05, 3.63) is 30.3 Å². The van der Waals surface area contributed by atoms with E-state index in [9.17, 15) is 39.0 Å². The lowest BCUT2D eigenvalue weighted by molar-refractivity contribution is -0.139. The van der Waals surface area contributed by atoms with Gasteiger partial charge in [0.25, 0.3) is 0 Å². The summed E-state index contributed by atoms with van der Waals surface area (Å²) in [7, 11) is 0. The number of carbonyl (C=O) groups excluding carboxylic acids is 4. The van der Waals surface area contributed by atoms with Crippen molar-refractivity contribution in [1.29, 1.82) is 0 Å². The smallest absolute Gasteiger partial charge is 0.322 e. The average molecular weight is 606 g/mol. The summed E-state index contributed by atoms with van der Waals surface area (Å²) in [5.74, 6) is -5.78. The van der Waals surface area contributed by atoms with E-state index in [0.29, 0.717) is 5.69 Å². The molecule has 0 aromatic heterocycles. The van der Waals surface area contributed by atoms with E-state index in [-0.39, 0.29) is 57.7 Å². The number of benzene rings is 2. The highest BCUT2D eigenvalue weighted by atomic mass is 32.2. The zero-order chi connectivity index (χ0) is 31.6. The molecular formula is C26H31N5O10S. The van der Waals surface area contributed by atoms with Gasteiger partial charge >= 0.3 is 11.9 Å². The van der Waals surface area contributed by atoms with Gasteiger partial charge < -0.3 is 47.4 Å². The number of phenolic OH excluding ortho intramolecular Hbond substituents is 2. The van der Waals surface area contributed by atoms with Gasteiger partial charge in [-0.2, -0.15) is 0 Å². The van der Waals surface area contributed by atoms with Crippen LogP contribution in [-0.4, -0.2) is 80.4 Å². The summed E-state index contributed by atoms with van der Waals surface area (Å²) in [4.78, 5) is 70.4. The molecule has 0 radical (unpaired) electrons. The summed E-state index contributed by atoms with van der Waals surface area (Å²) < 4.78 is 0. The molecule has 2 aromatic rings. The van der Waals surface area contributed by atoms with Crippen LogP contribution in [-0.2, 0) is 28.8 Å². The first-order valence-corrected chi connectivity index (χ1v) is 13.3. The molecular weight excluding hydrogens is 574 g/mol. The third kappa shape index (κ3) is 10.3. The van der Waals surface area contributed by atoms with Gasteiger partial charge in [0.2, 0.25) is 23.6 Å². The van der Waals surface area contributed by atoms with E-state index in [1.165, 1.54) is 44.2 Å². The molecule has 2 aromatic carbocycles. The molecule has 0 saturated carbocycles. The highest BCUT2D eigenvalue weighted by Gasteiger charge is 2.24. The lowest BCUT2D eigenvalue weighted by atomic mass is 10.0. The first kappa shape index (κ1) is 33.4.